The van der Waals surface area contributed by atoms with Gasteiger partial charge in [0.15, 0.2) is 11.5 Å². The third-order valence-corrected chi connectivity index (χ3v) is 5.14. The zero-order valence-electron chi connectivity index (χ0n) is 18.3. The molecule has 0 aliphatic carbocycles. The molecule has 32 heavy (non-hydrogen) atoms. The van der Waals surface area contributed by atoms with Crippen LogP contribution in [0.5, 0.6) is 17.2 Å². The monoisotopic (exact) mass is 430 g/mol. The van der Waals surface area contributed by atoms with Crippen LogP contribution in [0.1, 0.15) is 13.3 Å². The van der Waals surface area contributed by atoms with Crippen molar-refractivity contribution in [2.45, 2.75) is 19.9 Å². The Labute approximate surface area is 187 Å². The average molecular weight is 431 g/mol. The van der Waals surface area contributed by atoms with Gasteiger partial charge < -0.3 is 14.2 Å². The van der Waals surface area contributed by atoms with Crippen LogP contribution in [0.15, 0.2) is 77.6 Å². The summed E-state index contributed by atoms with van der Waals surface area (Å²) in [5, 5.41) is 0.604. The number of nitrogens with zero attached hydrogens (tertiary/aromatic N) is 2. The van der Waals surface area contributed by atoms with Gasteiger partial charge in [0.1, 0.15) is 11.6 Å². The van der Waals surface area contributed by atoms with Crippen molar-refractivity contribution >= 4 is 10.9 Å². The fourth-order valence-electron chi connectivity index (χ4n) is 3.58. The van der Waals surface area contributed by atoms with Gasteiger partial charge in [0.05, 0.1) is 31.2 Å². The Bertz CT molecular complexity index is 1250. The van der Waals surface area contributed by atoms with Gasteiger partial charge in [-0.05, 0) is 61.9 Å². The molecule has 6 heteroatoms. The van der Waals surface area contributed by atoms with E-state index in [0.29, 0.717) is 48.7 Å². The minimum atomic E-state index is -0.0591. The Balaban J connectivity index is 1.59. The molecule has 6 nitrogen and oxygen atoms in total. The number of aromatic nitrogens is 2. The van der Waals surface area contributed by atoms with Gasteiger partial charge in [-0.25, -0.2) is 4.98 Å². The molecule has 0 atom stereocenters. The molecule has 0 aliphatic heterocycles. The summed E-state index contributed by atoms with van der Waals surface area (Å²) in [5.41, 5.74) is 1.48. The highest BCUT2D eigenvalue weighted by Gasteiger charge is 2.13. The van der Waals surface area contributed by atoms with Crippen molar-refractivity contribution in [3.8, 4) is 28.6 Å². The molecule has 0 spiro atoms. The Hall–Kier alpha value is -3.80. The van der Waals surface area contributed by atoms with E-state index in [1.54, 1.807) is 11.7 Å². The summed E-state index contributed by atoms with van der Waals surface area (Å²) in [6.45, 7) is 3.45. The molecule has 3 aromatic carbocycles. The number of hydrogen-bond acceptors (Lipinski definition) is 5. The third kappa shape index (κ3) is 4.59. The molecular weight excluding hydrogens is 404 g/mol. The predicted molar refractivity (Wildman–Crippen MR) is 126 cm³/mol. The Morgan fingerprint density at radius 3 is 2.28 bits per heavy atom. The molecule has 0 unspecified atom stereocenters. The highest BCUT2D eigenvalue weighted by molar-refractivity contribution is 5.79. The van der Waals surface area contributed by atoms with Crippen molar-refractivity contribution < 1.29 is 14.2 Å². The van der Waals surface area contributed by atoms with Crippen LogP contribution in [-0.2, 0) is 6.54 Å². The molecule has 4 aromatic rings. The molecule has 0 radical (unpaired) electrons. The van der Waals surface area contributed by atoms with E-state index in [1.807, 2.05) is 79.7 Å². The van der Waals surface area contributed by atoms with Gasteiger partial charge in [0, 0.05) is 12.1 Å². The molecule has 164 valence electrons. The first-order valence-electron chi connectivity index (χ1n) is 10.7. The summed E-state index contributed by atoms with van der Waals surface area (Å²) >= 11 is 0. The summed E-state index contributed by atoms with van der Waals surface area (Å²) in [4.78, 5) is 18.1. The molecule has 0 saturated carbocycles. The van der Waals surface area contributed by atoms with Gasteiger partial charge in [-0.1, -0.05) is 24.3 Å². The van der Waals surface area contributed by atoms with Crippen LogP contribution in [0.25, 0.3) is 22.3 Å². The molecule has 1 aromatic heterocycles. The lowest BCUT2D eigenvalue weighted by Gasteiger charge is -2.15. The second kappa shape index (κ2) is 10.0. The van der Waals surface area contributed by atoms with Gasteiger partial charge in [-0.3, -0.25) is 9.36 Å². The molecule has 4 rings (SSSR count). The fraction of sp³-hybridized carbons (Fsp3) is 0.231. The molecule has 0 saturated heterocycles. The number of benzene rings is 3. The lowest BCUT2D eigenvalue weighted by atomic mass is 10.1. The third-order valence-electron chi connectivity index (χ3n) is 5.14. The summed E-state index contributed by atoms with van der Waals surface area (Å²) in [6.07, 6.45) is 0.642. The second-order valence-corrected chi connectivity index (χ2v) is 7.22. The minimum absolute atomic E-state index is 0.0591. The van der Waals surface area contributed by atoms with Gasteiger partial charge in [-0.15, -0.1) is 0 Å². The van der Waals surface area contributed by atoms with E-state index in [0.717, 1.165) is 17.1 Å². The molecule has 0 aliphatic rings. The zero-order chi connectivity index (χ0) is 22.3. The maximum absolute atomic E-state index is 13.3. The molecule has 1 heterocycles. The first-order chi connectivity index (χ1) is 15.7. The summed E-state index contributed by atoms with van der Waals surface area (Å²) in [7, 11) is 1.63. The van der Waals surface area contributed by atoms with Crippen LogP contribution in [0.3, 0.4) is 0 Å². The smallest absolute Gasteiger partial charge is 0.261 e. The predicted octanol–water partition coefficient (Wildman–Crippen LogP) is 4.94. The largest absolute Gasteiger partial charge is 0.497 e. The minimum Gasteiger partial charge on any atom is -0.497 e. The van der Waals surface area contributed by atoms with Crippen LogP contribution >= 0.6 is 0 Å². The maximum atomic E-state index is 13.3. The van der Waals surface area contributed by atoms with E-state index in [4.69, 9.17) is 19.2 Å². The molecule has 0 N–H and O–H groups in total. The van der Waals surface area contributed by atoms with Crippen molar-refractivity contribution in [1.82, 2.24) is 9.55 Å². The van der Waals surface area contributed by atoms with Crippen LogP contribution in [0.2, 0.25) is 0 Å². The number of methoxy groups -OCH3 is 1. The summed E-state index contributed by atoms with van der Waals surface area (Å²) in [5.74, 6) is 2.81. The summed E-state index contributed by atoms with van der Waals surface area (Å²) in [6, 6.07) is 22.6. The first-order valence-corrected chi connectivity index (χ1v) is 10.7. The molecular formula is C26H26N2O4. The van der Waals surface area contributed by atoms with Gasteiger partial charge in [0.25, 0.3) is 5.56 Å². The standard InChI is InChI=1S/C26H26N2O4/c1-3-31-23-11-6-7-12-24(23)32-18-8-17-28-25(19-13-15-20(30-2)16-14-19)27-22-10-5-4-9-21(22)26(28)29/h4-7,9-16H,3,8,17-18H2,1-2H3. The van der Waals surface area contributed by atoms with E-state index in [1.165, 1.54) is 0 Å². The first kappa shape index (κ1) is 21.4. The molecule has 0 fully saturated rings. The highest BCUT2D eigenvalue weighted by Crippen LogP contribution is 2.27. The lowest BCUT2D eigenvalue weighted by Crippen LogP contribution is -2.24. The zero-order valence-corrected chi connectivity index (χ0v) is 18.3. The van der Waals surface area contributed by atoms with E-state index >= 15 is 0 Å². The summed E-state index contributed by atoms with van der Waals surface area (Å²) < 4.78 is 18.5. The Kier molecular flexibility index (Phi) is 6.70. The van der Waals surface area contributed by atoms with E-state index in [9.17, 15) is 4.79 Å². The quantitative estimate of drug-likeness (QED) is 0.352. The normalized spacial score (nSPS) is 10.8. The lowest BCUT2D eigenvalue weighted by molar-refractivity contribution is 0.268. The number of ether oxygens (including phenoxy) is 3. The number of rotatable bonds is 9. The number of hydrogen-bond donors (Lipinski definition) is 0. The van der Waals surface area contributed by atoms with Crippen LogP contribution in [0.4, 0.5) is 0 Å². The topological polar surface area (TPSA) is 62.6 Å². The van der Waals surface area contributed by atoms with Gasteiger partial charge >= 0.3 is 0 Å². The Morgan fingerprint density at radius 1 is 0.875 bits per heavy atom. The number of para-hydroxylation sites is 3. The van der Waals surface area contributed by atoms with Crippen molar-refractivity contribution in [2.24, 2.45) is 0 Å². The maximum Gasteiger partial charge on any atom is 0.261 e. The second-order valence-electron chi connectivity index (χ2n) is 7.22. The van der Waals surface area contributed by atoms with E-state index < -0.39 is 0 Å². The molecule has 0 bridgehead atoms. The molecule has 0 amide bonds. The Morgan fingerprint density at radius 2 is 1.56 bits per heavy atom. The van der Waals surface area contributed by atoms with Gasteiger partial charge in [-0.2, -0.15) is 0 Å². The van der Waals surface area contributed by atoms with Crippen molar-refractivity contribution in [3.05, 3.63) is 83.2 Å². The van der Waals surface area contributed by atoms with Crippen molar-refractivity contribution in [3.63, 3.8) is 0 Å². The van der Waals surface area contributed by atoms with Gasteiger partial charge in [0.2, 0.25) is 0 Å². The van der Waals surface area contributed by atoms with E-state index in [2.05, 4.69) is 0 Å². The van der Waals surface area contributed by atoms with Crippen molar-refractivity contribution in [2.75, 3.05) is 20.3 Å². The fourth-order valence-corrected chi connectivity index (χ4v) is 3.58. The highest BCUT2D eigenvalue weighted by atomic mass is 16.5. The van der Waals surface area contributed by atoms with Crippen molar-refractivity contribution in [1.29, 1.82) is 0 Å². The number of fused-ring (bicyclic) bond motifs is 1. The van der Waals surface area contributed by atoms with E-state index in [-0.39, 0.29) is 5.56 Å². The SMILES string of the molecule is CCOc1ccccc1OCCCn1c(-c2ccc(OC)cc2)nc2ccccc2c1=O. The van der Waals surface area contributed by atoms with Crippen LogP contribution < -0.4 is 19.8 Å². The average Bonchev–Trinajstić information content (AvgIpc) is 2.84. The van der Waals surface area contributed by atoms with Crippen LogP contribution in [-0.4, -0.2) is 29.9 Å². The van der Waals surface area contributed by atoms with Crippen LogP contribution in [0, 0.1) is 0 Å².